The van der Waals surface area contributed by atoms with E-state index in [2.05, 4.69) is 22.5 Å². The maximum Gasteiger partial charge on any atom is 0.487 e. The monoisotopic (exact) mass is 476 g/mol. The minimum Gasteiger partial charge on any atom is -0.423 e. The summed E-state index contributed by atoms with van der Waals surface area (Å²) in [5.74, 6) is 0. The molecular weight excluding hydrogens is 457 g/mol. The van der Waals surface area contributed by atoms with E-state index in [-0.39, 0.29) is 5.47 Å². The average molecular weight is 478 g/mol. The minimum absolute atomic E-state index is 0.197. The molecule has 2 rings (SSSR count). The van der Waals surface area contributed by atoms with E-state index >= 15 is 0 Å². The Morgan fingerprint density at radius 3 is 2.04 bits per heavy atom. The van der Waals surface area contributed by atoms with Crippen LogP contribution in [0.25, 0.3) is 11.1 Å². The van der Waals surface area contributed by atoms with Gasteiger partial charge in [-0.15, -0.1) is 0 Å². The highest BCUT2D eigenvalue weighted by molar-refractivity contribution is 9.10. The topological polar surface area (TPSA) is 40.5 Å². The zero-order chi connectivity index (χ0) is 20.3. The van der Waals surface area contributed by atoms with E-state index in [1.54, 1.807) is 13.0 Å². The third-order valence-corrected chi connectivity index (χ3v) is 4.13. The molecule has 0 atom stereocenters. The van der Waals surface area contributed by atoms with Gasteiger partial charge < -0.3 is 10.0 Å². The van der Waals surface area contributed by atoms with E-state index in [1.165, 1.54) is 6.08 Å². The highest BCUT2D eigenvalue weighted by atomic mass is 79.9. The van der Waals surface area contributed by atoms with Crippen LogP contribution < -0.4 is 0 Å². The molecular formula is C19H21BBrCl3O2. The van der Waals surface area contributed by atoms with Crippen molar-refractivity contribution in [2.45, 2.75) is 20.8 Å². The van der Waals surface area contributed by atoms with E-state index in [0.717, 1.165) is 15.6 Å². The van der Waals surface area contributed by atoms with Gasteiger partial charge in [-0.3, -0.25) is 0 Å². The molecule has 0 spiro atoms. The van der Waals surface area contributed by atoms with Gasteiger partial charge in [-0.05, 0) is 53.9 Å². The number of benzene rings is 2. The molecule has 0 aliphatic carbocycles. The average Bonchev–Trinajstić information content (AvgIpc) is 2.59. The Bertz CT molecular complexity index is 745. The van der Waals surface area contributed by atoms with Crippen LogP contribution in [0.1, 0.15) is 20.8 Å². The van der Waals surface area contributed by atoms with Gasteiger partial charge in [0.25, 0.3) is 0 Å². The van der Waals surface area contributed by atoms with Gasteiger partial charge in [0, 0.05) is 9.51 Å². The fourth-order valence-electron chi connectivity index (χ4n) is 1.67. The van der Waals surface area contributed by atoms with Gasteiger partial charge in [-0.1, -0.05) is 89.4 Å². The van der Waals surface area contributed by atoms with E-state index in [4.69, 9.17) is 44.9 Å². The van der Waals surface area contributed by atoms with Gasteiger partial charge in [0.2, 0.25) is 0 Å². The lowest BCUT2D eigenvalue weighted by Gasteiger charge is -2.03. The Hall–Kier alpha value is -0.745. The predicted molar refractivity (Wildman–Crippen MR) is 120 cm³/mol. The molecule has 2 aromatic carbocycles. The van der Waals surface area contributed by atoms with Gasteiger partial charge in [-0.25, -0.2) is 0 Å². The standard InChI is InChI=1S/C12H7BrCl2.C5H8BClO2.C2H6/c13-10-3-1-2-8(6-10)9-4-5-11(14)12(15)7-9;1-4(6(8)9)3-5(2)7;1-2/h1-7H;3,8-9H,1H2,2H3;1-2H3/b;5-3+;. The van der Waals surface area contributed by atoms with Crippen LogP contribution in [0.4, 0.5) is 0 Å². The highest BCUT2D eigenvalue weighted by Gasteiger charge is 2.08. The van der Waals surface area contributed by atoms with Crippen molar-refractivity contribution in [3.8, 4) is 11.1 Å². The van der Waals surface area contributed by atoms with Crippen LogP contribution in [0.15, 0.2) is 70.1 Å². The quantitative estimate of drug-likeness (QED) is 0.363. The molecule has 0 bridgehead atoms. The molecule has 140 valence electrons. The van der Waals surface area contributed by atoms with Crippen LogP contribution in [0.5, 0.6) is 0 Å². The molecule has 2 aromatic rings. The van der Waals surface area contributed by atoms with Gasteiger partial charge in [-0.2, -0.15) is 0 Å². The zero-order valence-electron chi connectivity index (χ0n) is 14.8. The number of hydrogen-bond acceptors (Lipinski definition) is 2. The lowest BCUT2D eigenvalue weighted by Crippen LogP contribution is -2.12. The first kappa shape index (κ1) is 25.3. The molecule has 0 saturated carbocycles. The third kappa shape index (κ3) is 9.82. The van der Waals surface area contributed by atoms with Crippen molar-refractivity contribution in [2.75, 3.05) is 0 Å². The summed E-state index contributed by atoms with van der Waals surface area (Å²) in [5.41, 5.74) is 2.37. The summed E-state index contributed by atoms with van der Waals surface area (Å²) in [5, 5.41) is 18.5. The van der Waals surface area contributed by atoms with Crippen LogP contribution >= 0.6 is 50.7 Å². The fraction of sp³-hybridized carbons (Fsp3) is 0.158. The Balaban J connectivity index is 0.000000492. The van der Waals surface area contributed by atoms with E-state index in [9.17, 15) is 0 Å². The molecule has 0 aromatic heterocycles. The summed E-state index contributed by atoms with van der Waals surface area (Å²) in [6, 6.07) is 13.7. The Morgan fingerprint density at radius 1 is 1.04 bits per heavy atom. The summed E-state index contributed by atoms with van der Waals surface area (Å²) in [4.78, 5) is 0. The molecule has 0 amide bonds. The second-order valence-corrected chi connectivity index (χ2v) is 7.15. The van der Waals surface area contributed by atoms with Crippen LogP contribution in [0, 0.1) is 0 Å². The highest BCUT2D eigenvalue weighted by Crippen LogP contribution is 2.29. The van der Waals surface area contributed by atoms with Crippen molar-refractivity contribution in [3.05, 3.63) is 80.1 Å². The Kier molecular flexibility index (Phi) is 13.0. The molecule has 0 saturated heterocycles. The summed E-state index contributed by atoms with van der Waals surface area (Å²) in [6.07, 6.45) is 1.40. The second kappa shape index (κ2) is 13.4. The number of hydrogen-bond donors (Lipinski definition) is 2. The van der Waals surface area contributed by atoms with Crippen molar-refractivity contribution in [1.82, 2.24) is 0 Å². The maximum atomic E-state index is 8.42. The van der Waals surface area contributed by atoms with E-state index in [1.807, 2.05) is 50.2 Å². The lowest BCUT2D eigenvalue weighted by atomic mass is 9.80. The van der Waals surface area contributed by atoms with Gasteiger partial charge in [0.05, 0.1) is 10.0 Å². The number of rotatable bonds is 3. The van der Waals surface area contributed by atoms with Crippen LogP contribution in [0.3, 0.4) is 0 Å². The Morgan fingerprint density at radius 2 is 1.62 bits per heavy atom. The molecule has 7 heteroatoms. The number of halogens is 4. The van der Waals surface area contributed by atoms with Crippen molar-refractivity contribution in [3.63, 3.8) is 0 Å². The normalized spacial score (nSPS) is 10.1. The molecule has 0 aliphatic rings. The minimum atomic E-state index is -1.50. The summed E-state index contributed by atoms with van der Waals surface area (Å²) in [6.45, 7) is 8.97. The van der Waals surface area contributed by atoms with Crippen molar-refractivity contribution in [2.24, 2.45) is 0 Å². The van der Waals surface area contributed by atoms with Crippen molar-refractivity contribution < 1.29 is 10.0 Å². The molecule has 2 N–H and O–H groups in total. The first-order valence-corrected chi connectivity index (χ1v) is 9.73. The molecule has 26 heavy (non-hydrogen) atoms. The zero-order valence-corrected chi connectivity index (χ0v) is 18.7. The Labute approximate surface area is 179 Å². The van der Waals surface area contributed by atoms with Crippen molar-refractivity contribution >= 4 is 57.9 Å². The van der Waals surface area contributed by atoms with E-state index in [0.29, 0.717) is 15.1 Å². The van der Waals surface area contributed by atoms with Gasteiger partial charge in [0.15, 0.2) is 0 Å². The second-order valence-electron chi connectivity index (χ2n) is 4.82. The maximum absolute atomic E-state index is 8.42. The van der Waals surface area contributed by atoms with Gasteiger partial charge in [0.1, 0.15) is 0 Å². The summed E-state index contributed by atoms with van der Waals surface area (Å²) in [7, 11) is -1.50. The van der Waals surface area contributed by atoms with Crippen molar-refractivity contribution in [1.29, 1.82) is 0 Å². The molecule has 0 heterocycles. The van der Waals surface area contributed by atoms with Crippen LogP contribution in [-0.2, 0) is 0 Å². The van der Waals surface area contributed by atoms with Crippen LogP contribution in [-0.4, -0.2) is 17.2 Å². The summed E-state index contributed by atoms with van der Waals surface area (Å²) < 4.78 is 1.05. The van der Waals surface area contributed by atoms with E-state index < -0.39 is 7.12 Å². The first-order valence-electron chi connectivity index (χ1n) is 7.80. The van der Waals surface area contributed by atoms with Crippen LogP contribution in [0.2, 0.25) is 10.0 Å². The predicted octanol–water partition coefficient (Wildman–Crippen LogP) is 7.15. The summed E-state index contributed by atoms with van der Waals surface area (Å²) >= 11 is 20.6. The first-order chi connectivity index (χ1) is 12.2. The molecule has 0 aliphatic heterocycles. The molecule has 0 unspecified atom stereocenters. The SMILES string of the molecule is C=C(/C=C(\C)Cl)B(O)O.CC.Clc1ccc(-c2cccc(Br)c2)cc1Cl. The lowest BCUT2D eigenvalue weighted by molar-refractivity contribution is 0.421. The smallest absolute Gasteiger partial charge is 0.423 e. The third-order valence-electron chi connectivity index (χ3n) is 2.79. The van der Waals surface area contributed by atoms with Gasteiger partial charge >= 0.3 is 7.12 Å². The molecule has 2 nitrogen and oxygen atoms in total. The molecule has 0 fully saturated rings. The molecule has 0 radical (unpaired) electrons. The number of allylic oxidation sites excluding steroid dienone is 3. The largest absolute Gasteiger partial charge is 0.487 e. The fourth-order valence-corrected chi connectivity index (χ4v) is 2.51.